The highest BCUT2D eigenvalue weighted by Crippen LogP contribution is 2.33. The Morgan fingerprint density at radius 1 is 1.23 bits per heavy atom. The Balaban J connectivity index is 2.02. The predicted octanol–water partition coefficient (Wildman–Crippen LogP) is 1.90. The van der Waals surface area contributed by atoms with Gasteiger partial charge >= 0.3 is 5.97 Å². The molecule has 0 amide bonds. The second-order valence-electron chi connectivity index (χ2n) is 6.81. The summed E-state index contributed by atoms with van der Waals surface area (Å²) in [5, 5.41) is 0. The summed E-state index contributed by atoms with van der Waals surface area (Å²) in [5.74, 6) is -0.0633. The molecule has 2 aliphatic rings. The molecule has 5 heteroatoms. The molecule has 0 spiro atoms. The van der Waals surface area contributed by atoms with Crippen molar-refractivity contribution in [2.45, 2.75) is 63.1 Å². The van der Waals surface area contributed by atoms with Crippen LogP contribution in [0.1, 0.15) is 45.4 Å². The average Bonchev–Trinajstić information content (AvgIpc) is 2.55. The lowest BCUT2D eigenvalue weighted by Crippen LogP contribution is -2.60. The number of carbonyl (C=O) groups excluding carboxylic acids is 1. The van der Waals surface area contributed by atoms with Crippen LogP contribution in [0.25, 0.3) is 0 Å². The molecule has 128 valence electrons. The molecule has 0 N–H and O–H groups in total. The summed E-state index contributed by atoms with van der Waals surface area (Å²) in [7, 11) is 5.81. The molecule has 1 saturated carbocycles. The Hall–Kier alpha value is -0.650. The zero-order valence-electron chi connectivity index (χ0n) is 14.6. The van der Waals surface area contributed by atoms with E-state index in [1.807, 2.05) is 28.1 Å². The monoisotopic (exact) mass is 312 g/mol. The van der Waals surface area contributed by atoms with Gasteiger partial charge in [0.05, 0.1) is 12.7 Å². The van der Waals surface area contributed by atoms with E-state index in [-0.39, 0.29) is 5.97 Å². The van der Waals surface area contributed by atoms with Crippen LogP contribution in [-0.4, -0.2) is 74.4 Å². The summed E-state index contributed by atoms with van der Waals surface area (Å²) in [4.78, 5) is 17.0. The molecular formula is C17H32N2O3. The lowest BCUT2D eigenvalue weighted by molar-refractivity contribution is -0.160. The lowest BCUT2D eigenvalue weighted by atomic mass is 9.83. The van der Waals surface area contributed by atoms with E-state index in [1.165, 1.54) is 19.3 Å². The summed E-state index contributed by atoms with van der Waals surface area (Å²) in [5.41, 5.74) is -0.455. The van der Waals surface area contributed by atoms with E-state index in [2.05, 4.69) is 9.80 Å². The number of likely N-dealkylation sites (tertiary alicyclic amines) is 1. The van der Waals surface area contributed by atoms with E-state index in [0.717, 1.165) is 32.4 Å². The fourth-order valence-corrected chi connectivity index (χ4v) is 4.09. The molecule has 2 fully saturated rings. The number of methoxy groups -OCH3 is 1. The van der Waals surface area contributed by atoms with E-state index >= 15 is 0 Å². The predicted molar refractivity (Wildman–Crippen MR) is 86.9 cm³/mol. The van der Waals surface area contributed by atoms with Crippen LogP contribution in [0.15, 0.2) is 0 Å². The summed E-state index contributed by atoms with van der Waals surface area (Å²) < 4.78 is 11.0. The molecule has 0 radical (unpaired) electrons. The Morgan fingerprint density at radius 2 is 1.86 bits per heavy atom. The number of carbonyl (C=O) groups is 1. The summed E-state index contributed by atoms with van der Waals surface area (Å²) in [6.07, 6.45) is 6.97. The molecule has 22 heavy (non-hydrogen) atoms. The van der Waals surface area contributed by atoms with Gasteiger partial charge in [-0.05, 0) is 46.7 Å². The smallest absolute Gasteiger partial charge is 0.326 e. The molecule has 0 bridgehead atoms. The Kier molecular flexibility index (Phi) is 6.24. The van der Waals surface area contributed by atoms with E-state index in [9.17, 15) is 4.79 Å². The van der Waals surface area contributed by atoms with Gasteiger partial charge < -0.3 is 9.47 Å². The number of nitrogens with zero attached hydrogens (tertiary/aromatic N) is 2. The minimum atomic E-state index is -0.455. The van der Waals surface area contributed by atoms with Crippen molar-refractivity contribution in [2.75, 3.05) is 40.9 Å². The number of hydrogen-bond acceptors (Lipinski definition) is 5. The molecule has 0 aromatic carbocycles. The summed E-state index contributed by atoms with van der Waals surface area (Å²) in [6.45, 7) is 4.22. The molecule has 1 aliphatic carbocycles. The van der Waals surface area contributed by atoms with Gasteiger partial charge in [0, 0.05) is 26.2 Å². The molecular weight excluding hydrogens is 280 g/mol. The van der Waals surface area contributed by atoms with Crippen molar-refractivity contribution < 1.29 is 14.3 Å². The van der Waals surface area contributed by atoms with E-state index in [4.69, 9.17) is 9.47 Å². The number of hydrogen-bond donors (Lipinski definition) is 0. The van der Waals surface area contributed by atoms with Crippen molar-refractivity contribution in [3.8, 4) is 0 Å². The van der Waals surface area contributed by atoms with Gasteiger partial charge in [-0.25, -0.2) is 0 Å². The fourth-order valence-electron chi connectivity index (χ4n) is 4.09. The Bertz CT molecular complexity index is 365. The van der Waals surface area contributed by atoms with Crippen molar-refractivity contribution in [3.05, 3.63) is 0 Å². The molecule has 0 aromatic heterocycles. The third-order valence-corrected chi connectivity index (χ3v) is 5.58. The van der Waals surface area contributed by atoms with Crippen molar-refractivity contribution in [2.24, 2.45) is 0 Å². The minimum absolute atomic E-state index is 0.0633. The highest BCUT2D eigenvalue weighted by molar-refractivity contribution is 5.81. The van der Waals surface area contributed by atoms with Gasteiger partial charge in [0.2, 0.25) is 0 Å². The Labute approximate surface area is 134 Å². The summed E-state index contributed by atoms with van der Waals surface area (Å²) in [6, 6.07) is 0.515. The largest absolute Gasteiger partial charge is 0.465 e. The summed E-state index contributed by atoms with van der Waals surface area (Å²) >= 11 is 0. The van der Waals surface area contributed by atoms with Gasteiger partial charge in [-0.2, -0.15) is 0 Å². The first-order valence-electron chi connectivity index (χ1n) is 8.66. The number of ether oxygens (including phenoxy) is 2. The van der Waals surface area contributed by atoms with E-state index in [1.54, 1.807) is 0 Å². The molecule has 2 atom stereocenters. The second kappa shape index (κ2) is 7.75. The second-order valence-corrected chi connectivity index (χ2v) is 6.81. The lowest BCUT2D eigenvalue weighted by Gasteiger charge is -2.48. The SMILES string of the molecule is CCOC(=O)C1(N(C)C)CCN([C@@H]2CCCC[C@H]2OC)CC1. The van der Waals surface area contributed by atoms with Crippen LogP contribution in [0.5, 0.6) is 0 Å². The quantitative estimate of drug-likeness (QED) is 0.725. The van der Waals surface area contributed by atoms with Crippen LogP contribution < -0.4 is 0 Å². The topological polar surface area (TPSA) is 42.0 Å². The van der Waals surface area contributed by atoms with Crippen molar-refractivity contribution in [3.63, 3.8) is 0 Å². The number of likely N-dealkylation sites (N-methyl/N-ethyl adjacent to an activating group) is 1. The number of piperidine rings is 1. The van der Waals surface area contributed by atoms with Crippen LogP contribution in [0, 0.1) is 0 Å². The first kappa shape index (κ1) is 17.7. The molecule has 0 aromatic rings. The van der Waals surface area contributed by atoms with Crippen LogP contribution in [0.3, 0.4) is 0 Å². The van der Waals surface area contributed by atoms with Gasteiger partial charge in [0.25, 0.3) is 0 Å². The van der Waals surface area contributed by atoms with Gasteiger partial charge in [-0.3, -0.25) is 14.6 Å². The fraction of sp³-hybridized carbons (Fsp3) is 0.941. The maximum Gasteiger partial charge on any atom is 0.326 e. The van der Waals surface area contributed by atoms with Crippen molar-refractivity contribution in [1.82, 2.24) is 9.80 Å². The Morgan fingerprint density at radius 3 is 2.41 bits per heavy atom. The molecule has 2 rings (SSSR count). The van der Waals surface area contributed by atoms with Gasteiger partial charge in [-0.15, -0.1) is 0 Å². The van der Waals surface area contributed by atoms with Crippen molar-refractivity contribution >= 4 is 5.97 Å². The highest BCUT2D eigenvalue weighted by Gasteiger charge is 2.46. The van der Waals surface area contributed by atoms with Crippen LogP contribution in [0.4, 0.5) is 0 Å². The average molecular weight is 312 g/mol. The van der Waals surface area contributed by atoms with Gasteiger partial charge in [-0.1, -0.05) is 12.8 Å². The first-order valence-corrected chi connectivity index (χ1v) is 8.66. The molecule has 0 unspecified atom stereocenters. The van der Waals surface area contributed by atoms with E-state index in [0.29, 0.717) is 18.8 Å². The maximum absolute atomic E-state index is 12.5. The number of rotatable bonds is 5. The highest BCUT2D eigenvalue weighted by atomic mass is 16.5. The third kappa shape index (κ3) is 3.47. The molecule has 1 saturated heterocycles. The standard InChI is InChI=1S/C17H32N2O3/c1-5-22-16(20)17(18(2)3)10-12-19(13-11-17)14-8-6-7-9-15(14)21-4/h14-15H,5-13H2,1-4H3/t14-,15-/m1/s1. The molecule has 5 nitrogen and oxygen atoms in total. The first-order chi connectivity index (χ1) is 10.5. The van der Waals surface area contributed by atoms with Crippen LogP contribution in [-0.2, 0) is 14.3 Å². The minimum Gasteiger partial charge on any atom is -0.465 e. The van der Waals surface area contributed by atoms with Crippen molar-refractivity contribution in [1.29, 1.82) is 0 Å². The molecule has 1 aliphatic heterocycles. The zero-order valence-corrected chi connectivity index (χ0v) is 14.6. The van der Waals surface area contributed by atoms with Gasteiger partial charge in [0.15, 0.2) is 0 Å². The van der Waals surface area contributed by atoms with Crippen LogP contribution >= 0.6 is 0 Å². The number of esters is 1. The van der Waals surface area contributed by atoms with Crippen LogP contribution in [0.2, 0.25) is 0 Å². The maximum atomic E-state index is 12.5. The third-order valence-electron chi connectivity index (χ3n) is 5.58. The van der Waals surface area contributed by atoms with Gasteiger partial charge in [0.1, 0.15) is 5.54 Å². The van der Waals surface area contributed by atoms with E-state index < -0.39 is 5.54 Å². The zero-order chi connectivity index (χ0) is 16.2. The molecule has 1 heterocycles. The normalized spacial score (nSPS) is 29.5.